The number of phosphoric ester groups is 2. The normalized spacial score (nSPS) is 14.3. The summed E-state index contributed by atoms with van der Waals surface area (Å²) in [4.78, 5) is 72.8. The van der Waals surface area contributed by atoms with Gasteiger partial charge < -0.3 is 33.8 Å². The lowest BCUT2D eigenvalue weighted by Crippen LogP contribution is -2.30. The number of hydrogen-bond donors (Lipinski definition) is 3. The molecule has 6 atom stereocenters. The number of carbonyl (C=O) groups excluding carboxylic acids is 4. The maximum atomic E-state index is 13.1. The Kier molecular flexibility index (Phi) is 65.5. The van der Waals surface area contributed by atoms with E-state index in [9.17, 15) is 43.2 Å². The first-order chi connectivity index (χ1) is 45.4. The largest absolute Gasteiger partial charge is 0.472 e. The molecule has 0 amide bonds. The van der Waals surface area contributed by atoms with Crippen LogP contribution in [0.3, 0.4) is 0 Å². The Morgan fingerprint density at radius 3 is 0.809 bits per heavy atom. The molecule has 3 unspecified atom stereocenters. The summed E-state index contributed by atoms with van der Waals surface area (Å²) in [5.41, 5.74) is 0. The van der Waals surface area contributed by atoms with Crippen LogP contribution in [0.4, 0.5) is 0 Å². The maximum absolute atomic E-state index is 13.1. The van der Waals surface area contributed by atoms with Crippen LogP contribution in [0, 0.1) is 11.8 Å². The highest BCUT2D eigenvalue weighted by molar-refractivity contribution is 7.47. The molecule has 0 aliphatic carbocycles. The van der Waals surface area contributed by atoms with Crippen LogP contribution >= 0.6 is 15.6 Å². The first-order valence-corrected chi connectivity index (χ1v) is 42.0. The molecule has 3 N–H and O–H groups in total. The molecule has 19 heteroatoms. The summed E-state index contributed by atoms with van der Waals surface area (Å²) in [5, 5.41) is 10.6. The molecule has 0 aliphatic heterocycles. The van der Waals surface area contributed by atoms with Crippen molar-refractivity contribution >= 4 is 39.5 Å². The van der Waals surface area contributed by atoms with Gasteiger partial charge in [-0.3, -0.25) is 37.3 Å². The lowest BCUT2D eigenvalue weighted by Gasteiger charge is -2.21. The Labute approximate surface area is 575 Å². The van der Waals surface area contributed by atoms with Gasteiger partial charge in [0.25, 0.3) is 0 Å². The third-order valence-corrected chi connectivity index (χ3v) is 19.7. The highest BCUT2D eigenvalue weighted by Gasteiger charge is 2.30. The number of unbranched alkanes of at least 4 members (excludes halogenated alkanes) is 43. The van der Waals surface area contributed by atoms with Gasteiger partial charge in [0.2, 0.25) is 0 Å². The highest BCUT2D eigenvalue weighted by atomic mass is 31.2. The van der Waals surface area contributed by atoms with Gasteiger partial charge in [0.15, 0.2) is 12.2 Å². The van der Waals surface area contributed by atoms with Crippen molar-refractivity contribution in [2.45, 2.75) is 407 Å². The zero-order valence-corrected chi connectivity index (χ0v) is 63.1. The predicted octanol–water partition coefficient (Wildman–Crippen LogP) is 21.9. The van der Waals surface area contributed by atoms with Crippen LogP contribution in [0.15, 0.2) is 0 Å². The van der Waals surface area contributed by atoms with Crippen molar-refractivity contribution in [2.24, 2.45) is 11.8 Å². The second-order valence-electron chi connectivity index (χ2n) is 27.8. The molecular formula is C75H146O17P2. The number of phosphoric acid groups is 2. The topological polar surface area (TPSA) is 237 Å². The number of aliphatic hydroxyl groups is 1. The lowest BCUT2D eigenvalue weighted by atomic mass is 9.99. The molecule has 0 spiro atoms. The summed E-state index contributed by atoms with van der Waals surface area (Å²) in [6, 6.07) is 0. The molecule has 0 aromatic rings. The van der Waals surface area contributed by atoms with Gasteiger partial charge in [0.1, 0.15) is 19.3 Å². The molecule has 0 aromatic heterocycles. The Morgan fingerprint density at radius 2 is 0.543 bits per heavy atom. The fourth-order valence-corrected chi connectivity index (χ4v) is 13.0. The number of rotatable bonds is 74. The van der Waals surface area contributed by atoms with Crippen molar-refractivity contribution < 1.29 is 80.2 Å². The molecule has 0 bridgehead atoms. The van der Waals surface area contributed by atoms with Crippen molar-refractivity contribution in [2.75, 3.05) is 39.6 Å². The molecule has 0 heterocycles. The van der Waals surface area contributed by atoms with E-state index < -0.39 is 97.5 Å². The van der Waals surface area contributed by atoms with Gasteiger partial charge >= 0.3 is 39.5 Å². The molecule has 94 heavy (non-hydrogen) atoms. The van der Waals surface area contributed by atoms with Crippen LogP contribution < -0.4 is 0 Å². The van der Waals surface area contributed by atoms with Crippen LogP contribution in [0.25, 0.3) is 0 Å². The Morgan fingerprint density at radius 1 is 0.309 bits per heavy atom. The van der Waals surface area contributed by atoms with Gasteiger partial charge in [0.05, 0.1) is 26.4 Å². The van der Waals surface area contributed by atoms with Gasteiger partial charge in [-0.2, -0.15) is 0 Å². The third kappa shape index (κ3) is 67.3. The molecule has 0 aliphatic rings. The van der Waals surface area contributed by atoms with Gasteiger partial charge in [0, 0.05) is 25.7 Å². The Bertz CT molecular complexity index is 1820. The highest BCUT2D eigenvalue weighted by Crippen LogP contribution is 2.45. The summed E-state index contributed by atoms with van der Waals surface area (Å²) in [7, 11) is -9.91. The molecule has 558 valence electrons. The van der Waals surface area contributed by atoms with Gasteiger partial charge in [-0.1, -0.05) is 337 Å². The van der Waals surface area contributed by atoms with E-state index in [2.05, 4.69) is 41.5 Å². The summed E-state index contributed by atoms with van der Waals surface area (Å²) < 4.78 is 68.5. The van der Waals surface area contributed by atoms with Gasteiger partial charge in [-0.25, -0.2) is 9.13 Å². The number of hydrogen-bond acceptors (Lipinski definition) is 15. The Balaban J connectivity index is 5.24. The smallest absolute Gasteiger partial charge is 0.462 e. The summed E-state index contributed by atoms with van der Waals surface area (Å²) in [5.74, 6) is -0.498. The number of carbonyl (C=O) groups is 4. The number of ether oxygens (including phenoxy) is 4. The average molecular weight is 1380 g/mol. The van der Waals surface area contributed by atoms with Crippen molar-refractivity contribution in [3.8, 4) is 0 Å². The summed E-state index contributed by atoms with van der Waals surface area (Å²) >= 11 is 0. The minimum atomic E-state index is -4.96. The molecule has 0 radical (unpaired) electrons. The maximum Gasteiger partial charge on any atom is 0.472 e. The van der Waals surface area contributed by atoms with E-state index in [0.717, 1.165) is 102 Å². The molecule has 0 saturated carbocycles. The van der Waals surface area contributed by atoms with E-state index in [1.807, 2.05) is 0 Å². The fourth-order valence-electron chi connectivity index (χ4n) is 11.4. The number of esters is 4. The van der Waals surface area contributed by atoms with E-state index in [0.29, 0.717) is 25.7 Å². The first-order valence-electron chi connectivity index (χ1n) is 39.0. The van der Waals surface area contributed by atoms with Crippen molar-refractivity contribution in [3.63, 3.8) is 0 Å². The fraction of sp³-hybridized carbons (Fsp3) is 0.947. The SMILES string of the molecule is CCCCCCCCCCCCCC(=O)OC[C@H](COP(=O)(O)OC[C@H](O)COP(=O)(O)OC[C@@H](COC(=O)CCCCCCCCCCCCCC(C)C)OC(=O)CCCCCCCCCCCCCCCCC(C)CC)OC(=O)CCCCCCCCCCCCC. The van der Waals surface area contributed by atoms with E-state index >= 15 is 0 Å². The lowest BCUT2D eigenvalue weighted by molar-refractivity contribution is -0.161. The number of aliphatic hydroxyl groups excluding tert-OH is 1. The van der Waals surface area contributed by atoms with E-state index in [-0.39, 0.29) is 25.7 Å². The van der Waals surface area contributed by atoms with Gasteiger partial charge in [-0.05, 0) is 37.5 Å². The third-order valence-electron chi connectivity index (χ3n) is 17.8. The minimum absolute atomic E-state index is 0.107. The van der Waals surface area contributed by atoms with Crippen LogP contribution in [0.1, 0.15) is 388 Å². The van der Waals surface area contributed by atoms with E-state index in [1.54, 1.807) is 0 Å². The minimum Gasteiger partial charge on any atom is -0.462 e. The standard InChI is InChI=1S/C75H146O17P2/c1-7-10-12-14-16-18-25-33-39-45-51-57-72(77)85-63-70(91-74(79)59-53-47-41-35-26-19-17-15-13-11-8-2)65-89-93(81,82)87-61-69(76)62-88-94(83,84)90-66-71(64-86-73(78)58-52-46-40-34-30-24-27-31-37-43-49-55-67(4)5)92-75(80)60-54-48-42-36-29-23-21-20-22-28-32-38-44-50-56-68(6)9-3/h67-71,76H,7-66H2,1-6H3,(H,81,82)(H,83,84)/t68?,69-,70+,71+/m0/s1. The molecule has 0 saturated heterocycles. The second-order valence-corrected chi connectivity index (χ2v) is 30.7. The molecule has 0 aromatic carbocycles. The average Bonchev–Trinajstić information content (AvgIpc) is 1.29. The van der Waals surface area contributed by atoms with E-state index in [1.165, 1.54) is 205 Å². The summed E-state index contributed by atoms with van der Waals surface area (Å²) in [6.07, 6.45) is 53.9. The first kappa shape index (κ1) is 92.1. The van der Waals surface area contributed by atoms with Crippen LogP contribution in [-0.4, -0.2) is 96.7 Å². The van der Waals surface area contributed by atoms with Crippen molar-refractivity contribution in [1.82, 2.24) is 0 Å². The van der Waals surface area contributed by atoms with Crippen LogP contribution in [-0.2, 0) is 65.4 Å². The van der Waals surface area contributed by atoms with Crippen LogP contribution in [0.2, 0.25) is 0 Å². The zero-order chi connectivity index (χ0) is 69.3. The van der Waals surface area contributed by atoms with E-state index in [4.69, 9.17) is 37.0 Å². The quantitative estimate of drug-likeness (QED) is 0.0222. The van der Waals surface area contributed by atoms with Gasteiger partial charge in [-0.15, -0.1) is 0 Å². The molecule has 0 rings (SSSR count). The summed E-state index contributed by atoms with van der Waals surface area (Å²) in [6.45, 7) is 9.64. The molecular weight excluding hydrogens is 1230 g/mol. The monoisotopic (exact) mass is 1380 g/mol. The second kappa shape index (κ2) is 66.9. The van der Waals surface area contributed by atoms with Crippen molar-refractivity contribution in [3.05, 3.63) is 0 Å². The molecule has 17 nitrogen and oxygen atoms in total. The van der Waals surface area contributed by atoms with Crippen molar-refractivity contribution in [1.29, 1.82) is 0 Å². The zero-order valence-electron chi connectivity index (χ0n) is 61.3. The van der Waals surface area contributed by atoms with Crippen LogP contribution in [0.5, 0.6) is 0 Å². The Hall–Kier alpha value is -1.94. The molecule has 0 fully saturated rings. The predicted molar refractivity (Wildman–Crippen MR) is 381 cm³/mol.